The third-order valence-corrected chi connectivity index (χ3v) is 3.09. The highest BCUT2D eigenvalue weighted by atomic mass is 16.4. The Labute approximate surface area is 106 Å². The van der Waals surface area contributed by atoms with Crippen LogP contribution in [0.25, 0.3) is 0 Å². The molecule has 1 aliphatic rings. The van der Waals surface area contributed by atoms with Gasteiger partial charge < -0.3 is 10.4 Å². The quantitative estimate of drug-likeness (QED) is 0.579. The van der Waals surface area contributed by atoms with Crippen LogP contribution in [0.4, 0.5) is 0 Å². The Hall–Kier alpha value is -1.69. The summed E-state index contributed by atoms with van der Waals surface area (Å²) in [6, 6.07) is 0. The van der Waals surface area contributed by atoms with Crippen LogP contribution in [0, 0.1) is 5.92 Å². The predicted octanol–water partition coefficient (Wildman–Crippen LogP) is 0.922. The molecule has 1 aromatic heterocycles. The van der Waals surface area contributed by atoms with Crippen molar-refractivity contribution in [3.05, 3.63) is 24.0 Å². The van der Waals surface area contributed by atoms with E-state index in [1.165, 1.54) is 19.0 Å². The molecule has 98 valence electrons. The third kappa shape index (κ3) is 3.66. The van der Waals surface area contributed by atoms with E-state index in [0.29, 0.717) is 6.54 Å². The summed E-state index contributed by atoms with van der Waals surface area (Å²) in [6.07, 6.45) is 9.51. The summed E-state index contributed by atoms with van der Waals surface area (Å²) >= 11 is 0. The molecule has 1 aliphatic carbocycles. The Bertz CT molecular complexity index is 427. The predicted molar refractivity (Wildman–Crippen MR) is 66.3 cm³/mol. The number of carboxylic acids is 1. The first-order chi connectivity index (χ1) is 8.75. The molecular formula is C12H18N4O2. The van der Waals surface area contributed by atoms with Crippen molar-refractivity contribution in [3.8, 4) is 0 Å². The van der Waals surface area contributed by atoms with Crippen LogP contribution in [0.2, 0.25) is 0 Å². The second-order valence-corrected chi connectivity index (χ2v) is 4.53. The van der Waals surface area contributed by atoms with Crippen LogP contribution in [-0.2, 0) is 6.54 Å². The normalized spacial score (nSPS) is 19.0. The molecular weight excluding hydrogens is 232 g/mol. The lowest BCUT2D eigenvalue weighted by Gasteiger charge is -2.17. The van der Waals surface area contributed by atoms with Gasteiger partial charge in [0.05, 0.1) is 12.7 Å². The van der Waals surface area contributed by atoms with Gasteiger partial charge in [0.15, 0.2) is 5.69 Å². The zero-order valence-electron chi connectivity index (χ0n) is 10.2. The number of hydrogen-bond donors (Lipinski definition) is 2. The van der Waals surface area contributed by atoms with Crippen LogP contribution in [0.15, 0.2) is 18.3 Å². The van der Waals surface area contributed by atoms with E-state index in [4.69, 9.17) is 5.11 Å². The van der Waals surface area contributed by atoms with E-state index >= 15 is 0 Å². The summed E-state index contributed by atoms with van der Waals surface area (Å²) in [5, 5.41) is 19.4. The number of hydrogen-bond acceptors (Lipinski definition) is 4. The first-order valence-corrected chi connectivity index (χ1v) is 6.25. The van der Waals surface area contributed by atoms with E-state index in [9.17, 15) is 4.79 Å². The van der Waals surface area contributed by atoms with Crippen molar-refractivity contribution in [2.45, 2.75) is 25.8 Å². The number of allylic oxidation sites excluding steroid dienone is 2. The second-order valence-electron chi connectivity index (χ2n) is 4.53. The Balaban J connectivity index is 1.65. The Morgan fingerprint density at radius 3 is 3.11 bits per heavy atom. The molecule has 0 spiro atoms. The van der Waals surface area contributed by atoms with Crippen LogP contribution < -0.4 is 5.32 Å². The molecule has 0 aliphatic heterocycles. The molecule has 2 rings (SSSR count). The lowest BCUT2D eigenvalue weighted by molar-refractivity contribution is 0.0690. The Morgan fingerprint density at radius 2 is 2.44 bits per heavy atom. The van der Waals surface area contributed by atoms with Gasteiger partial charge in [0.2, 0.25) is 0 Å². The molecule has 1 heterocycles. The smallest absolute Gasteiger partial charge is 0.358 e. The molecule has 0 bridgehead atoms. The van der Waals surface area contributed by atoms with Gasteiger partial charge in [0, 0.05) is 6.54 Å². The van der Waals surface area contributed by atoms with E-state index in [-0.39, 0.29) is 5.69 Å². The van der Waals surface area contributed by atoms with Gasteiger partial charge in [0.1, 0.15) is 0 Å². The maximum absolute atomic E-state index is 10.6. The van der Waals surface area contributed by atoms with Gasteiger partial charge in [-0.05, 0) is 31.7 Å². The standard InChI is InChI=1S/C12H18N4O2/c17-12(18)11-9-16(15-14-11)7-6-13-8-10-4-2-1-3-5-10/h1-2,9-10,13H,3-8H2,(H,17,18). The number of carboxylic acid groups (broad SMARTS) is 1. The molecule has 0 radical (unpaired) electrons. The lowest BCUT2D eigenvalue weighted by atomic mass is 9.94. The zero-order chi connectivity index (χ0) is 12.8. The molecule has 1 unspecified atom stereocenters. The summed E-state index contributed by atoms with van der Waals surface area (Å²) in [7, 11) is 0. The molecule has 0 aromatic carbocycles. The minimum absolute atomic E-state index is 0.00702. The van der Waals surface area contributed by atoms with E-state index in [2.05, 4.69) is 27.8 Å². The maximum atomic E-state index is 10.6. The highest BCUT2D eigenvalue weighted by Gasteiger charge is 2.10. The van der Waals surface area contributed by atoms with Crippen LogP contribution in [-0.4, -0.2) is 39.2 Å². The summed E-state index contributed by atoms with van der Waals surface area (Å²) in [5.41, 5.74) is -0.00702. The molecule has 1 atom stereocenters. The summed E-state index contributed by atoms with van der Waals surface area (Å²) in [5.74, 6) is -0.316. The molecule has 0 saturated carbocycles. The van der Waals surface area contributed by atoms with Crippen LogP contribution in [0.5, 0.6) is 0 Å². The minimum atomic E-state index is -1.04. The van der Waals surface area contributed by atoms with Gasteiger partial charge >= 0.3 is 5.97 Å². The monoisotopic (exact) mass is 250 g/mol. The fourth-order valence-electron chi connectivity index (χ4n) is 2.05. The fourth-order valence-corrected chi connectivity index (χ4v) is 2.05. The average molecular weight is 250 g/mol. The average Bonchev–Trinajstić information content (AvgIpc) is 2.85. The summed E-state index contributed by atoms with van der Waals surface area (Å²) in [4.78, 5) is 10.6. The van der Waals surface area contributed by atoms with Gasteiger partial charge in [-0.25, -0.2) is 4.79 Å². The van der Waals surface area contributed by atoms with Gasteiger partial charge in [-0.3, -0.25) is 4.68 Å². The van der Waals surface area contributed by atoms with Crippen LogP contribution >= 0.6 is 0 Å². The van der Waals surface area contributed by atoms with Crippen molar-refractivity contribution in [2.24, 2.45) is 5.92 Å². The van der Waals surface area contributed by atoms with Crippen LogP contribution in [0.3, 0.4) is 0 Å². The van der Waals surface area contributed by atoms with Gasteiger partial charge in [-0.15, -0.1) is 5.10 Å². The van der Waals surface area contributed by atoms with Gasteiger partial charge in [-0.2, -0.15) is 0 Å². The first-order valence-electron chi connectivity index (χ1n) is 6.25. The molecule has 6 heteroatoms. The SMILES string of the molecule is O=C(O)c1cn(CCNCC2CC=CCC2)nn1. The van der Waals surface area contributed by atoms with Crippen molar-refractivity contribution >= 4 is 5.97 Å². The molecule has 0 saturated heterocycles. The van der Waals surface area contributed by atoms with Gasteiger partial charge in [0.25, 0.3) is 0 Å². The van der Waals surface area contributed by atoms with Crippen molar-refractivity contribution in [1.82, 2.24) is 20.3 Å². The largest absolute Gasteiger partial charge is 0.476 e. The topological polar surface area (TPSA) is 80.0 Å². The van der Waals surface area contributed by atoms with E-state index in [1.54, 1.807) is 4.68 Å². The molecule has 0 amide bonds. The number of carbonyl (C=O) groups is 1. The molecule has 0 fully saturated rings. The zero-order valence-corrected chi connectivity index (χ0v) is 10.2. The van der Waals surface area contributed by atoms with Crippen molar-refractivity contribution in [1.29, 1.82) is 0 Å². The molecule has 6 nitrogen and oxygen atoms in total. The number of rotatable bonds is 6. The van der Waals surface area contributed by atoms with Crippen molar-refractivity contribution in [2.75, 3.05) is 13.1 Å². The molecule has 1 aromatic rings. The number of nitrogens with one attached hydrogen (secondary N) is 1. The minimum Gasteiger partial charge on any atom is -0.476 e. The Kier molecular flexibility index (Phi) is 4.46. The number of aromatic carboxylic acids is 1. The Morgan fingerprint density at radius 1 is 1.56 bits per heavy atom. The summed E-state index contributed by atoms with van der Waals surface area (Å²) in [6.45, 7) is 2.43. The van der Waals surface area contributed by atoms with E-state index < -0.39 is 5.97 Å². The lowest BCUT2D eigenvalue weighted by Crippen LogP contribution is -2.27. The second kappa shape index (κ2) is 6.30. The highest BCUT2D eigenvalue weighted by molar-refractivity contribution is 5.84. The first kappa shape index (κ1) is 12.8. The van der Waals surface area contributed by atoms with Crippen LogP contribution in [0.1, 0.15) is 29.8 Å². The number of aromatic nitrogens is 3. The van der Waals surface area contributed by atoms with E-state index in [1.807, 2.05) is 0 Å². The van der Waals surface area contributed by atoms with Crippen molar-refractivity contribution in [3.63, 3.8) is 0 Å². The highest BCUT2D eigenvalue weighted by Crippen LogP contribution is 2.16. The third-order valence-electron chi connectivity index (χ3n) is 3.09. The number of nitrogens with zero attached hydrogens (tertiary/aromatic N) is 3. The fraction of sp³-hybridized carbons (Fsp3) is 0.583. The molecule has 2 N–H and O–H groups in total. The summed E-state index contributed by atoms with van der Waals surface area (Å²) < 4.78 is 1.55. The maximum Gasteiger partial charge on any atom is 0.358 e. The van der Waals surface area contributed by atoms with E-state index in [0.717, 1.165) is 25.4 Å². The molecule has 18 heavy (non-hydrogen) atoms. The van der Waals surface area contributed by atoms with Gasteiger partial charge in [-0.1, -0.05) is 17.4 Å². The van der Waals surface area contributed by atoms with Crippen molar-refractivity contribution < 1.29 is 9.90 Å².